The summed E-state index contributed by atoms with van der Waals surface area (Å²) in [6.45, 7) is 6.53. The van der Waals surface area contributed by atoms with E-state index in [4.69, 9.17) is 9.47 Å². The van der Waals surface area contributed by atoms with Crippen LogP contribution in [0.4, 0.5) is 4.79 Å². The van der Waals surface area contributed by atoms with E-state index in [0.717, 1.165) is 5.56 Å². The molecule has 10 heteroatoms. The first-order valence-corrected chi connectivity index (χ1v) is 14.4. The average molecular weight is 577 g/mol. The third-order valence-electron chi connectivity index (χ3n) is 7.78. The summed E-state index contributed by atoms with van der Waals surface area (Å²) >= 11 is 0. The first kappa shape index (κ1) is 30.6. The number of ether oxygens (including phenoxy) is 2. The van der Waals surface area contributed by atoms with Crippen LogP contribution in [0.1, 0.15) is 42.1 Å². The molecule has 0 unspecified atom stereocenters. The van der Waals surface area contributed by atoms with Crippen LogP contribution in [0.2, 0.25) is 0 Å². The number of hydrogen-bond acceptors (Lipinski definition) is 6. The molecule has 0 radical (unpaired) electrons. The molecular formula is C32H40N4O6. The summed E-state index contributed by atoms with van der Waals surface area (Å²) in [5.41, 5.74) is 1.64. The highest BCUT2D eigenvalue weighted by Gasteiger charge is 2.41. The molecule has 2 aromatic carbocycles. The number of amides is 4. The zero-order valence-electron chi connectivity index (χ0n) is 24.4. The molecule has 4 amide bonds. The second-order valence-electron chi connectivity index (χ2n) is 10.8. The summed E-state index contributed by atoms with van der Waals surface area (Å²) in [5, 5.41) is 2.72. The van der Waals surface area contributed by atoms with Gasteiger partial charge in [0.2, 0.25) is 11.8 Å². The Kier molecular flexibility index (Phi) is 10.6. The molecule has 1 N–H and O–H groups in total. The molecule has 2 aliphatic heterocycles. The number of hydrogen-bond donors (Lipinski definition) is 1. The number of fused-ring (bicyclic) bond motifs is 3. The molecule has 4 rings (SSSR count). The highest BCUT2D eigenvalue weighted by Crippen LogP contribution is 2.26. The van der Waals surface area contributed by atoms with Gasteiger partial charge in [-0.3, -0.25) is 14.4 Å². The number of carbonyl (C=O) groups is 4. The molecule has 10 nitrogen and oxygen atoms in total. The Balaban J connectivity index is 1.59. The number of nitrogens with one attached hydrogen (secondary N) is 1. The smallest absolute Gasteiger partial charge is 0.408 e. The van der Waals surface area contributed by atoms with Gasteiger partial charge in [0.25, 0.3) is 5.91 Å². The van der Waals surface area contributed by atoms with Crippen LogP contribution >= 0.6 is 0 Å². The van der Waals surface area contributed by atoms with Crippen molar-refractivity contribution in [1.29, 1.82) is 0 Å². The highest BCUT2D eigenvalue weighted by atomic mass is 16.5. The number of alkyl carbamates (subject to hydrolysis) is 1. The van der Waals surface area contributed by atoms with Crippen LogP contribution in [0.5, 0.6) is 5.75 Å². The first-order valence-electron chi connectivity index (χ1n) is 14.4. The van der Waals surface area contributed by atoms with Crippen LogP contribution in [0.15, 0.2) is 67.3 Å². The first-order chi connectivity index (χ1) is 20.3. The molecule has 0 spiro atoms. The number of benzene rings is 2. The number of carbonyl (C=O) groups excluding carboxylic acids is 4. The van der Waals surface area contributed by atoms with Crippen molar-refractivity contribution in [3.63, 3.8) is 0 Å². The number of rotatable bonds is 7. The quantitative estimate of drug-likeness (QED) is 0.507. The molecule has 2 aromatic rings. The molecule has 42 heavy (non-hydrogen) atoms. The molecule has 2 aliphatic rings. The van der Waals surface area contributed by atoms with Crippen molar-refractivity contribution in [2.75, 3.05) is 39.9 Å². The molecule has 1 fully saturated rings. The summed E-state index contributed by atoms with van der Waals surface area (Å²) in [5.74, 6) is 0.0369. The van der Waals surface area contributed by atoms with E-state index in [0.29, 0.717) is 56.6 Å². The fraction of sp³-hybridized carbons (Fsp3) is 0.438. The second-order valence-corrected chi connectivity index (χ2v) is 10.8. The monoisotopic (exact) mass is 576 g/mol. The summed E-state index contributed by atoms with van der Waals surface area (Å²) in [7, 11) is 1.71. The molecule has 224 valence electrons. The van der Waals surface area contributed by atoms with E-state index < -0.39 is 12.1 Å². The second kappa shape index (κ2) is 14.5. The maximum atomic E-state index is 14.0. The summed E-state index contributed by atoms with van der Waals surface area (Å²) < 4.78 is 11.2. The summed E-state index contributed by atoms with van der Waals surface area (Å²) in [6, 6.07) is 15.5. The molecule has 0 aliphatic carbocycles. The normalized spacial score (nSPS) is 21.0. The molecule has 0 saturated carbocycles. The molecular weight excluding hydrogens is 536 g/mol. The van der Waals surface area contributed by atoms with Gasteiger partial charge in [-0.1, -0.05) is 49.1 Å². The Morgan fingerprint density at radius 1 is 1.17 bits per heavy atom. The predicted octanol–water partition coefficient (Wildman–Crippen LogP) is 3.27. The SMILES string of the molecule is C=CCOC(=O)N[C@H]1CCCN(C)C(=O)c2cccc(c2)OC[C@@H]2C[C@H](N(CCc3ccccc3)C(C)=O)CN2C1=O. The Labute approximate surface area is 247 Å². The molecule has 0 aromatic heterocycles. The van der Waals surface area contributed by atoms with Gasteiger partial charge in [-0.25, -0.2) is 4.79 Å². The van der Waals surface area contributed by atoms with Crippen molar-refractivity contribution in [2.24, 2.45) is 0 Å². The summed E-state index contributed by atoms with van der Waals surface area (Å²) in [6.07, 6.45) is 2.74. The van der Waals surface area contributed by atoms with Gasteiger partial charge in [0.15, 0.2) is 0 Å². The third kappa shape index (κ3) is 7.90. The van der Waals surface area contributed by atoms with Crippen LogP contribution in [-0.2, 0) is 20.7 Å². The van der Waals surface area contributed by atoms with Crippen molar-refractivity contribution in [1.82, 2.24) is 20.0 Å². The van der Waals surface area contributed by atoms with Gasteiger partial charge in [0, 0.05) is 39.2 Å². The van der Waals surface area contributed by atoms with Gasteiger partial charge in [0.1, 0.15) is 25.0 Å². The van der Waals surface area contributed by atoms with E-state index in [1.165, 1.54) is 6.08 Å². The Morgan fingerprint density at radius 3 is 2.69 bits per heavy atom. The molecule has 1 saturated heterocycles. The molecule has 2 heterocycles. The van der Waals surface area contributed by atoms with Crippen LogP contribution in [0.25, 0.3) is 0 Å². The minimum Gasteiger partial charge on any atom is -0.491 e. The van der Waals surface area contributed by atoms with Crippen molar-refractivity contribution in [3.05, 3.63) is 78.4 Å². The zero-order chi connectivity index (χ0) is 30.1. The Hall–Kier alpha value is -4.34. The van der Waals surface area contributed by atoms with Gasteiger partial charge in [-0.2, -0.15) is 0 Å². The van der Waals surface area contributed by atoms with Gasteiger partial charge in [0.05, 0.1) is 12.1 Å². The Morgan fingerprint density at radius 2 is 1.95 bits per heavy atom. The lowest BCUT2D eigenvalue weighted by molar-refractivity contribution is -0.136. The minimum atomic E-state index is -0.872. The van der Waals surface area contributed by atoms with Crippen LogP contribution < -0.4 is 10.1 Å². The maximum absolute atomic E-state index is 14.0. The van der Waals surface area contributed by atoms with Crippen LogP contribution in [0.3, 0.4) is 0 Å². The van der Waals surface area contributed by atoms with E-state index in [1.54, 1.807) is 48.0 Å². The van der Waals surface area contributed by atoms with E-state index >= 15 is 0 Å². The van der Waals surface area contributed by atoms with E-state index in [-0.39, 0.29) is 43.0 Å². The van der Waals surface area contributed by atoms with Crippen molar-refractivity contribution in [3.8, 4) is 5.75 Å². The maximum Gasteiger partial charge on any atom is 0.408 e. The van der Waals surface area contributed by atoms with Crippen LogP contribution in [-0.4, -0.2) is 96.5 Å². The fourth-order valence-electron chi connectivity index (χ4n) is 5.58. The van der Waals surface area contributed by atoms with Crippen molar-refractivity contribution >= 4 is 23.8 Å². The summed E-state index contributed by atoms with van der Waals surface area (Å²) in [4.78, 5) is 57.5. The van der Waals surface area contributed by atoms with Gasteiger partial charge < -0.3 is 29.5 Å². The van der Waals surface area contributed by atoms with Crippen molar-refractivity contribution < 1.29 is 28.7 Å². The lowest BCUT2D eigenvalue weighted by Crippen LogP contribution is -2.52. The topological polar surface area (TPSA) is 108 Å². The average Bonchev–Trinajstić information content (AvgIpc) is 3.41. The molecule has 3 atom stereocenters. The Bertz CT molecular complexity index is 1270. The highest BCUT2D eigenvalue weighted by molar-refractivity contribution is 5.94. The lowest BCUT2D eigenvalue weighted by atomic mass is 10.1. The number of nitrogens with zero attached hydrogens (tertiary/aromatic N) is 3. The van der Waals surface area contributed by atoms with E-state index in [1.807, 2.05) is 35.2 Å². The zero-order valence-corrected chi connectivity index (χ0v) is 24.4. The largest absolute Gasteiger partial charge is 0.491 e. The van der Waals surface area contributed by atoms with Crippen LogP contribution in [0, 0.1) is 0 Å². The lowest BCUT2D eigenvalue weighted by Gasteiger charge is -2.30. The van der Waals surface area contributed by atoms with Gasteiger partial charge >= 0.3 is 6.09 Å². The van der Waals surface area contributed by atoms with E-state index in [2.05, 4.69) is 11.9 Å². The van der Waals surface area contributed by atoms with Gasteiger partial charge in [-0.15, -0.1) is 0 Å². The van der Waals surface area contributed by atoms with E-state index in [9.17, 15) is 19.2 Å². The third-order valence-corrected chi connectivity index (χ3v) is 7.78. The minimum absolute atomic E-state index is 0.0129. The standard InChI is InChI=1S/C32H40N4O6/c1-4-18-41-32(40)33-29-14-9-16-34(3)30(38)25-12-8-13-28(19-25)42-22-27-20-26(21-36(27)31(29)39)35(23(2)37)17-15-24-10-6-5-7-11-24/h4-8,10-13,19,26-27,29H,1,9,14-18,20-22H2,2-3H3,(H,33,40)/t26-,27-,29-/m0/s1. The predicted molar refractivity (Wildman–Crippen MR) is 158 cm³/mol. The fourth-order valence-corrected chi connectivity index (χ4v) is 5.58. The van der Waals surface area contributed by atoms with Gasteiger partial charge in [-0.05, 0) is 49.4 Å². The van der Waals surface area contributed by atoms with Crippen molar-refractivity contribution in [2.45, 2.75) is 50.7 Å². The molecule has 2 bridgehead atoms.